The van der Waals surface area contributed by atoms with Crippen LogP contribution in [-0.4, -0.2) is 27.2 Å². The zero-order valence-corrected chi connectivity index (χ0v) is 17.3. The predicted octanol–water partition coefficient (Wildman–Crippen LogP) is 4.32. The molecule has 1 N–H and O–H groups in total. The largest absolute Gasteiger partial charge is 0.464 e. The minimum absolute atomic E-state index is 0.193. The topological polar surface area (TPSA) is 64.3 Å². The van der Waals surface area contributed by atoms with E-state index in [-0.39, 0.29) is 12.3 Å². The highest BCUT2D eigenvalue weighted by Gasteiger charge is 2.39. The van der Waals surface area contributed by atoms with E-state index < -0.39 is 17.6 Å². The molecule has 0 fully saturated rings. The number of carbonyl (C=O) groups excluding carboxylic acids is 1. The van der Waals surface area contributed by atoms with Crippen LogP contribution < -0.4 is 0 Å². The molecule has 1 atom stereocenters. The van der Waals surface area contributed by atoms with E-state index in [1.165, 1.54) is 0 Å². The van der Waals surface area contributed by atoms with Gasteiger partial charge in [0.25, 0.3) is 0 Å². The van der Waals surface area contributed by atoms with Crippen molar-refractivity contribution in [1.29, 1.82) is 0 Å². The first-order valence-corrected chi connectivity index (χ1v) is 10.2. The van der Waals surface area contributed by atoms with Crippen molar-refractivity contribution < 1.29 is 14.6 Å². The van der Waals surface area contributed by atoms with E-state index in [4.69, 9.17) is 4.74 Å². The summed E-state index contributed by atoms with van der Waals surface area (Å²) < 4.78 is 6.92. The van der Waals surface area contributed by atoms with Crippen LogP contribution in [0.4, 0.5) is 0 Å². The van der Waals surface area contributed by atoms with Crippen molar-refractivity contribution in [2.24, 2.45) is 0 Å². The number of ether oxygens (including phenoxy) is 1. The Labute approximate surface area is 181 Å². The number of rotatable bonds is 7. The molecule has 0 bridgehead atoms. The van der Waals surface area contributed by atoms with Gasteiger partial charge in [-0.25, -0.2) is 9.78 Å². The van der Waals surface area contributed by atoms with Gasteiger partial charge in [-0.1, -0.05) is 91.0 Å². The Bertz CT molecular complexity index is 1030. The van der Waals surface area contributed by atoms with E-state index in [1.807, 2.05) is 59.2 Å². The lowest BCUT2D eigenvalue weighted by atomic mass is 9.77. The third-order valence-corrected chi connectivity index (χ3v) is 5.35. The number of hydrogen-bond acceptors (Lipinski definition) is 4. The van der Waals surface area contributed by atoms with E-state index in [2.05, 4.69) is 41.4 Å². The molecule has 1 unspecified atom stereocenters. The van der Waals surface area contributed by atoms with Gasteiger partial charge >= 0.3 is 5.97 Å². The van der Waals surface area contributed by atoms with Crippen molar-refractivity contribution in [1.82, 2.24) is 9.55 Å². The summed E-state index contributed by atoms with van der Waals surface area (Å²) in [5.74, 6) is -0.711. The molecule has 5 nitrogen and oxygen atoms in total. The molecule has 5 heteroatoms. The Balaban J connectivity index is 1.97. The van der Waals surface area contributed by atoms with Gasteiger partial charge in [0.15, 0.2) is 6.10 Å². The third-order valence-electron chi connectivity index (χ3n) is 5.35. The summed E-state index contributed by atoms with van der Waals surface area (Å²) in [6, 6.07) is 30.4. The number of aliphatic hydroxyl groups is 1. The highest BCUT2D eigenvalue weighted by atomic mass is 16.5. The van der Waals surface area contributed by atoms with Gasteiger partial charge in [-0.2, -0.15) is 0 Å². The molecule has 4 aromatic rings. The molecule has 0 aliphatic heterocycles. The van der Waals surface area contributed by atoms with Crippen LogP contribution in [0.25, 0.3) is 0 Å². The number of aliphatic hydroxyl groups excluding tert-OH is 1. The molecule has 0 aliphatic rings. The molecule has 1 aromatic heterocycles. The number of imidazole rings is 1. The third kappa shape index (κ3) is 3.76. The number of esters is 1. The fraction of sp³-hybridized carbons (Fsp3) is 0.154. The number of hydrogen-bond donors (Lipinski definition) is 1. The molecule has 31 heavy (non-hydrogen) atoms. The first-order chi connectivity index (χ1) is 15.2. The minimum atomic E-state index is -1.44. The molecule has 3 aromatic carbocycles. The van der Waals surface area contributed by atoms with Crippen molar-refractivity contribution in [2.45, 2.75) is 18.6 Å². The highest BCUT2D eigenvalue weighted by Crippen LogP contribution is 2.41. The lowest BCUT2D eigenvalue weighted by Gasteiger charge is -2.37. The molecule has 0 spiro atoms. The highest BCUT2D eigenvalue weighted by molar-refractivity contribution is 5.75. The molecule has 0 saturated heterocycles. The van der Waals surface area contributed by atoms with Crippen LogP contribution >= 0.6 is 0 Å². The lowest BCUT2D eigenvalue weighted by molar-refractivity contribution is -0.153. The minimum Gasteiger partial charge on any atom is -0.464 e. The zero-order chi connectivity index (χ0) is 21.7. The van der Waals surface area contributed by atoms with Crippen LogP contribution in [-0.2, 0) is 15.1 Å². The fourth-order valence-electron chi connectivity index (χ4n) is 3.99. The van der Waals surface area contributed by atoms with Crippen molar-refractivity contribution >= 4 is 5.97 Å². The Morgan fingerprint density at radius 1 is 0.903 bits per heavy atom. The molecule has 0 saturated carbocycles. The molecule has 1 heterocycles. The number of aromatic nitrogens is 2. The van der Waals surface area contributed by atoms with Gasteiger partial charge < -0.3 is 14.4 Å². The Kier molecular flexibility index (Phi) is 5.96. The summed E-state index contributed by atoms with van der Waals surface area (Å²) in [5.41, 5.74) is 2.58. The second-order valence-electron chi connectivity index (χ2n) is 7.17. The Morgan fingerprint density at radius 2 is 1.35 bits per heavy atom. The predicted molar refractivity (Wildman–Crippen MR) is 118 cm³/mol. The maximum absolute atomic E-state index is 12.1. The van der Waals surface area contributed by atoms with Gasteiger partial charge in [0, 0.05) is 6.20 Å². The first-order valence-electron chi connectivity index (χ1n) is 10.2. The Hall–Kier alpha value is -3.70. The summed E-state index contributed by atoms with van der Waals surface area (Å²) in [5, 5.41) is 10.5. The average Bonchev–Trinajstić information content (AvgIpc) is 3.32. The molecule has 0 radical (unpaired) electrons. The smallest absolute Gasteiger partial charge is 0.341 e. The van der Waals surface area contributed by atoms with Gasteiger partial charge in [-0.05, 0) is 23.6 Å². The van der Waals surface area contributed by atoms with Gasteiger partial charge in [-0.3, -0.25) is 0 Å². The SMILES string of the molecule is CCOC(=O)C(O)c1cn(C(c2ccccc2)(c2ccccc2)c2ccccc2)cn1. The first kappa shape index (κ1) is 20.6. The zero-order valence-electron chi connectivity index (χ0n) is 17.3. The Morgan fingerprint density at radius 3 is 1.77 bits per heavy atom. The quantitative estimate of drug-likeness (QED) is 0.363. The second-order valence-corrected chi connectivity index (χ2v) is 7.17. The monoisotopic (exact) mass is 412 g/mol. The van der Waals surface area contributed by atoms with Crippen LogP contribution in [0.1, 0.15) is 35.4 Å². The van der Waals surface area contributed by atoms with E-state index in [1.54, 1.807) is 19.4 Å². The molecule has 4 rings (SSSR count). The second kappa shape index (κ2) is 8.98. The molecule has 156 valence electrons. The van der Waals surface area contributed by atoms with Gasteiger partial charge in [0.1, 0.15) is 5.54 Å². The van der Waals surface area contributed by atoms with Crippen LogP contribution in [0.3, 0.4) is 0 Å². The average molecular weight is 412 g/mol. The summed E-state index contributed by atoms with van der Waals surface area (Å²) >= 11 is 0. The summed E-state index contributed by atoms with van der Waals surface area (Å²) in [6.45, 7) is 1.90. The number of carbonyl (C=O) groups is 1. The van der Waals surface area contributed by atoms with E-state index >= 15 is 0 Å². The van der Waals surface area contributed by atoms with Crippen molar-refractivity contribution in [2.75, 3.05) is 6.61 Å². The van der Waals surface area contributed by atoms with Gasteiger partial charge in [0.05, 0.1) is 18.6 Å². The van der Waals surface area contributed by atoms with E-state index in [9.17, 15) is 9.90 Å². The summed E-state index contributed by atoms with van der Waals surface area (Å²) in [6.07, 6.45) is 1.93. The van der Waals surface area contributed by atoms with Crippen LogP contribution in [0.5, 0.6) is 0 Å². The number of benzene rings is 3. The maximum atomic E-state index is 12.1. The molecular weight excluding hydrogens is 388 g/mol. The fourth-order valence-corrected chi connectivity index (χ4v) is 3.99. The lowest BCUT2D eigenvalue weighted by Crippen LogP contribution is -2.37. The van der Waals surface area contributed by atoms with Gasteiger partial charge in [-0.15, -0.1) is 0 Å². The van der Waals surface area contributed by atoms with Gasteiger partial charge in [0.2, 0.25) is 0 Å². The normalized spacial score (nSPS) is 12.3. The van der Waals surface area contributed by atoms with Crippen LogP contribution in [0.15, 0.2) is 104 Å². The summed E-state index contributed by atoms with van der Waals surface area (Å²) in [4.78, 5) is 16.5. The maximum Gasteiger partial charge on any atom is 0.341 e. The van der Waals surface area contributed by atoms with Crippen molar-refractivity contribution in [3.63, 3.8) is 0 Å². The molecular formula is C26H24N2O3. The standard InChI is InChI=1S/C26H24N2O3/c1-2-31-25(30)24(29)23-18-28(19-27-23)26(20-12-6-3-7-13-20,21-14-8-4-9-15-21)22-16-10-5-11-17-22/h3-19,24,29H,2H2,1H3. The number of nitrogens with zero attached hydrogens (tertiary/aromatic N) is 2. The van der Waals surface area contributed by atoms with E-state index in [0.717, 1.165) is 16.7 Å². The van der Waals surface area contributed by atoms with Crippen LogP contribution in [0, 0.1) is 0 Å². The summed E-state index contributed by atoms with van der Waals surface area (Å²) in [7, 11) is 0. The van der Waals surface area contributed by atoms with E-state index in [0.29, 0.717) is 0 Å². The molecule has 0 amide bonds. The van der Waals surface area contributed by atoms with Crippen LogP contribution in [0.2, 0.25) is 0 Å². The molecule has 0 aliphatic carbocycles. The van der Waals surface area contributed by atoms with Crippen molar-refractivity contribution in [3.05, 3.63) is 126 Å². The van der Waals surface area contributed by atoms with Crippen molar-refractivity contribution in [3.8, 4) is 0 Å².